The van der Waals surface area contributed by atoms with Gasteiger partial charge in [0.2, 0.25) is 5.91 Å². The molecule has 0 spiro atoms. The van der Waals surface area contributed by atoms with Crippen LogP contribution in [-0.4, -0.2) is 11.1 Å². The third-order valence-electron chi connectivity index (χ3n) is 0.385. The highest BCUT2D eigenvalue weighted by molar-refractivity contribution is 7.80. The van der Waals surface area contributed by atoms with Crippen molar-refractivity contribution >= 4 is 23.3 Å². The molecule has 0 saturated carbocycles. The zero-order valence-corrected chi connectivity index (χ0v) is 5.12. The van der Waals surface area contributed by atoms with Crippen molar-refractivity contribution in [2.45, 2.75) is 6.92 Å². The monoisotopic (exact) mass is 134 g/mol. The van der Waals surface area contributed by atoms with Crippen LogP contribution >= 0.6 is 12.2 Å². The molecule has 5 heteroatoms. The summed E-state index contributed by atoms with van der Waals surface area (Å²) in [5.41, 5.74) is 0. The van der Waals surface area contributed by atoms with Crippen molar-refractivity contribution in [2.24, 2.45) is 5.90 Å². The van der Waals surface area contributed by atoms with E-state index in [2.05, 4.69) is 28.3 Å². The SMILES string of the molecule is CC(=O)NC(=S)ON. The number of rotatable bonds is 0. The number of carbonyl (C=O) groups is 1. The second-order valence-electron chi connectivity index (χ2n) is 1.09. The van der Waals surface area contributed by atoms with Crippen LogP contribution in [0.5, 0.6) is 0 Å². The summed E-state index contributed by atoms with van der Waals surface area (Å²) in [4.78, 5) is 14.0. The molecular weight excluding hydrogens is 128 g/mol. The van der Waals surface area contributed by atoms with Crippen molar-refractivity contribution in [1.29, 1.82) is 0 Å². The van der Waals surface area contributed by atoms with Gasteiger partial charge in [-0.1, -0.05) is 0 Å². The van der Waals surface area contributed by atoms with Crippen LogP contribution in [0, 0.1) is 0 Å². The standard InChI is InChI=1S/C3H6N2O2S/c1-2(6)5-3(8)7-4/h4H2,1H3,(H,5,6,8). The zero-order valence-electron chi connectivity index (χ0n) is 4.30. The molecule has 0 aromatic carbocycles. The van der Waals surface area contributed by atoms with Crippen LogP contribution in [0.15, 0.2) is 0 Å². The normalized spacial score (nSPS) is 7.75. The van der Waals surface area contributed by atoms with Gasteiger partial charge in [-0.25, -0.2) is 0 Å². The summed E-state index contributed by atoms with van der Waals surface area (Å²) >= 11 is 4.35. The van der Waals surface area contributed by atoms with Crippen LogP contribution < -0.4 is 11.2 Å². The summed E-state index contributed by atoms with van der Waals surface area (Å²) in [6.45, 7) is 1.31. The van der Waals surface area contributed by atoms with Crippen molar-refractivity contribution in [3.63, 3.8) is 0 Å². The Kier molecular flexibility index (Phi) is 3.05. The van der Waals surface area contributed by atoms with E-state index in [0.717, 1.165) is 0 Å². The smallest absolute Gasteiger partial charge is 0.284 e. The van der Waals surface area contributed by atoms with Gasteiger partial charge < -0.3 is 4.84 Å². The van der Waals surface area contributed by atoms with Gasteiger partial charge in [0, 0.05) is 6.92 Å². The van der Waals surface area contributed by atoms with E-state index in [4.69, 9.17) is 0 Å². The van der Waals surface area contributed by atoms with Crippen molar-refractivity contribution in [1.82, 2.24) is 5.32 Å². The van der Waals surface area contributed by atoms with Gasteiger partial charge in [-0.15, -0.1) is 0 Å². The number of amides is 1. The molecule has 0 atom stereocenters. The minimum absolute atomic E-state index is 0.113. The fourth-order valence-electron chi connectivity index (χ4n) is 0.173. The molecule has 0 radical (unpaired) electrons. The Morgan fingerprint density at radius 3 is 2.50 bits per heavy atom. The van der Waals surface area contributed by atoms with Crippen LogP contribution in [-0.2, 0) is 9.63 Å². The second kappa shape index (κ2) is 3.34. The van der Waals surface area contributed by atoms with Gasteiger partial charge in [0.1, 0.15) is 0 Å². The van der Waals surface area contributed by atoms with E-state index in [1.54, 1.807) is 0 Å². The Hall–Kier alpha value is -0.680. The predicted molar refractivity (Wildman–Crippen MR) is 31.7 cm³/mol. The summed E-state index contributed by atoms with van der Waals surface area (Å²) in [7, 11) is 0. The number of hydrogen-bond donors (Lipinski definition) is 2. The van der Waals surface area contributed by atoms with Gasteiger partial charge in [-0.05, 0) is 12.2 Å². The quantitative estimate of drug-likeness (QED) is 0.339. The summed E-state index contributed by atoms with van der Waals surface area (Å²) in [5, 5.41) is 2.02. The molecule has 0 aliphatic rings. The molecule has 0 rings (SSSR count). The number of thiocarbonyl (C=S) groups is 1. The topological polar surface area (TPSA) is 64.3 Å². The third kappa shape index (κ3) is 3.51. The van der Waals surface area contributed by atoms with E-state index in [1.165, 1.54) is 6.92 Å². The number of hydrogen-bond acceptors (Lipinski definition) is 4. The minimum Gasteiger partial charge on any atom is -0.381 e. The average molecular weight is 134 g/mol. The molecule has 0 aliphatic carbocycles. The molecule has 0 saturated heterocycles. The van der Waals surface area contributed by atoms with Crippen molar-refractivity contribution < 1.29 is 9.63 Å². The van der Waals surface area contributed by atoms with Gasteiger partial charge in [-0.2, -0.15) is 5.90 Å². The fourth-order valence-corrected chi connectivity index (χ4v) is 0.317. The lowest BCUT2D eigenvalue weighted by atomic mass is 10.7. The molecule has 0 aliphatic heterocycles. The lowest BCUT2D eigenvalue weighted by Gasteiger charge is -1.97. The van der Waals surface area contributed by atoms with Crippen molar-refractivity contribution in [3.05, 3.63) is 0 Å². The molecule has 3 N–H and O–H groups in total. The molecule has 4 nitrogen and oxygen atoms in total. The Morgan fingerprint density at radius 1 is 1.88 bits per heavy atom. The maximum Gasteiger partial charge on any atom is 0.284 e. The number of nitrogens with one attached hydrogen (secondary N) is 1. The molecule has 0 aromatic rings. The molecule has 0 heterocycles. The fraction of sp³-hybridized carbons (Fsp3) is 0.333. The maximum atomic E-state index is 10.1. The summed E-state index contributed by atoms with van der Waals surface area (Å²) < 4.78 is 0. The molecule has 46 valence electrons. The minimum atomic E-state index is -0.291. The van der Waals surface area contributed by atoms with Gasteiger partial charge in [0.25, 0.3) is 5.17 Å². The van der Waals surface area contributed by atoms with Crippen LogP contribution in [0.1, 0.15) is 6.92 Å². The lowest BCUT2D eigenvalue weighted by molar-refractivity contribution is -0.117. The third-order valence-corrected chi connectivity index (χ3v) is 0.583. The summed E-state index contributed by atoms with van der Waals surface area (Å²) in [6, 6.07) is 0. The number of carbonyl (C=O) groups excluding carboxylic acids is 1. The first-order chi connectivity index (χ1) is 3.66. The van der Waals surface area contributed by atoms with E-state index in [1.807, 2.05) is 0 Å². The number of nitrogens with two attached hydrogens (primary N) is 1. The lowest BCUT2D eigenvalue weighted by Crippen LogP contribution is -2.30. The molecular formula is C3H6N2O2S. The Bertz CT molecular complexity index is 114. The zero-order chi connectivity index (χ0) is 6.57. The Balaban J connectivity index is 3.40. The summed E-state index contributed by atoms with van der Waals surface area (Å²) in [5.74, 6) is 4.27. The first-order valence-electron chi connectivity index (χ1n) is 1.85. The highest BCUT2D eigenvalue weighted by atomic mass is 32.1. The average Bonchev–Trinajstić information content (AvgIpc) is 1.65. The predicted octanol–water partition coefficient (Wildman–Crippen LogP) is -0.702. The molecule has 8 heavy (non-hydrogen) atoms. The van der Waals surface area contributed by atoms with Crippen LogP contribution in [0.3, 0.4) is 0 Å². The van der Waals surface area contributed by atoms with Crippen molar-refractivity contribution in [3.8, 4) is 0 Å². The van der Waals surface area contributed by atoms with E-state index in [0.29, 0.717) is 0 Å². The maximum absolute atomic E-state index is 10.1. The Labute approximate surface area is 51.9 Å². The van der Waals surface area contributed by atoms with Gasteiger partial charge >= 0.3 is 0 Å². The van der Waals surface area contributed by atoms with Gasteiger partial charge in [0.15, 0.2) is 0 Å². The van der Waals surface area contributed by atoms with E-state index >= 15 is 0 Å². The first-order valence-corrected chi connectivity index (χ1v) is 2.26. The first kappa shape index (κ1) is 7.32. The Morgan fingerprint density at radius 2 is 2.38 bits per heavy atom. The largest absolute Gasteiger partial charge is 0.381 e. The van der Waals surface area contributed by atoms with Crippen molar-refractivity contribution in [2.75, 3.05) is 0 Å². The molecule has 0 bridgehead atoms. The van der Waals surface area contributed by atoms with Gasteiger partial charge in [-0.3, -0.25) is 10.1 Å². The molecule has 0 aromatic heterocycles. The van der Waals surface area contributed by atoms with E-state index in [9.17, 15) is 4.79 Å². The summed E-state index contributed by atoms with van der Waals surface area (Å²) in [6.07, 6.45) is 0. The van der Waals surface area contributed by atoms with E-state index < -0.39 is 0 Å². The highest BCUT2D eigenvalue weighted by Gasteiger charge is 1.94. The van der Waals surface area contributed by atoms with Crippen LogP contribution in [0.4, 0.5) is 0 Å². The highest BCUT2D eigenvalue weighted by Crippen LogP contribution is 1.67. The van der Waals surface area contributed by atoms with E-state index in [-0.39, 0.29) is 11.1 Å². The molecule has 0 unspecified atom stereocenters. The molecule has 0 fully saturated rings. The molecule has 1 amide bonds. The second-order valence-corrected chi connectivity index (χ2v) is 1.46. The van der Waals surface area contributed by atoms with Gasteiger partial charge in [0.05, 0.1) is 0 Å². The van der Waals surface area contributed by atoms with Crippen LogP contribution in [0.25, 0.3) is 0 Å². The van der Waals surface area contributed by atoms with Crippen LogP contribution in [0.2, 0.25) is 0 Å².